The molecular formula is C25H22N2OS. The van der Waals surface area contributed by atoms with Crippen molar-refractivity contribution in [1.29, 1.82) is 0 Å². The average Bonchev–Trinajstić information content (AvgIpc) is 3.26. The average molecular weight is 399 g/mol. The second-order valence-corrected chi connectivity index (χ2v) is 7.70. The molecule has 144 valence electrons. The molecule has 1 atom stereocenters. The first-order valence-corrected chi connectivity index (χ1v) is 10.6. The summed E-state index contributed by atoms with van der Waals surface area (Å²) in [6.07, 6.45) is 0.752. The number of aromatic nitrogens is 1. The van der Waals surface area contributed by atoms with Crippen LogP contribution in [-0.4, -0.2) is 10.9 Å². The van der Waals surface area contributed by atoms with Crippen LogP contribution in [0.2, 0.25) is 0 Å². The van der Waals surface area contributed by atoms with Crippen molar-refractivity contribution in [2.75, 3.05) is 5.32 Å². The van der Waals surface area contributed by atoms with Gasteiger partial charge in [-0.3, -0.25) is 4.79 Å². The molecule has 1 amide bonds. The molecule has 0 saturated heterocycles. The summed E-state index contributed by atoms with van der Waals surface area (Å²) in [6.45, 7) is 2.04. The van der Waals surface area contributed by atoms with Gasteiger partial charge in [0.15, 0.2) is 0 Å². The monoisotopic (exact) mass is 398 g/mol. The number of thiazole rings is 1. The Bertz CT molecular complexity index is 1090. The van der Waals surface area contributed by atoms with Crippen molar-refractivity contribution in [1.82, 2.24) is 4.98 Å². The summed E-state index contributed by atoms with van der Waals surface area (Å²) in [7, 11) is 0. The second-order valence-electron chi connectivity index (χ2n) is 6.85. The maximum absolute atomic E-state index is 12.9. The molecule has 0 aliphatic carbocycles. The van der Waals surface area contributed by atoms with E-state index in [0.29, 0.717) is 0 Å². The molecule has 0 saturated carbocycles. The lowest BCUT2D eigenvalue weighted by Crippen LogP contribution is -2.20. The molecule has 1 aromatic heterocycles. The summed E-state index contributed by atoms with van der Waals surface area (Å²) in [5.74, 6) is -0.150. The number of carbonyl (C=O) groups excluding carboxylic acids is 1. The van der Waals surface area contributed by atoms with Gasteiger partial charge in [-0.15, -0.1) is 11.3 Å². The maximum atomic E-state index is 12.9. The van der Waals surface area contributed by atoms with Crippen LogP contribution < -0.4 is 5.32 Å². The number of amides is 1. The molecule has 0 aliphatic heterocycles. The van der Waals surface area contributed by atoms with E-state index in [4.69, 9.17) is 4.98 Å². The summed E-state index contributed by atoms with van der Waals surface area (Å²) in [5, 5.41) is 6.13. The lowest BCUT2D eigenvalue weighted by Gasteiger charge is -2.15. The van der Waals surface area contributed by atoms with Gasteiger partial charge in [-0.05, 0) is 24.1 Å². The summed E-state index contributed by atoms with van der Waals surface area (Å²) < 4.78 is 0. The Labute approximate surface area is 175 Å². The lowest BCUT2D eigenvalue weighted by atomic mass is 9.95. The fraction of sp³-hybridized carbons (Fsp3) is 0.120. The molecule has 1 N–H and O–H groups in total. The normalized spacial score (nSPS) is 11.8. The molecule has 0 spiro atoms. The zero-order chi connectivity index (χ0) is 20.1. The van der Waals surface area contributed by atoms with Crippen molar-refractivity contribution in [3.63, 3.8) is 0 Å². The number of anilines is 1. The van der Waals surface area contributed by atoms with Crippen LogP contribution in [0.3, 0.4) is 0 Å². The Morgan fingerprint density at radius 1 is 0.931 bits per heavy atom. The molecule has 0 bridgehead atoms. The van der Waals surface area contributed by atoms with Crippen molar-refractivity contribution in [3.05, 3.63) is 95.9 Å². The Hall–Kier alpha value is -3.24. The zero-order valence-electron chi connectivity index (χ0n) is 16.2. The fourth-order valence-corrected chi connectivity index (χ4v) is 4.20. The van der Waals surface area contributed by atoms with Crippen molar-refractivity contribution >= 4 is 22.9 Å². The number of carbonyl (C=O) groups is 1. The van der Waals surface area contributed by atoms with E-state index in [2.05, 4.69) is 22.8 Å². The van der Waals surface area contributed by atoms with Crippen LogP contribution >= 0.6 is 11.3 Å². The Kier molecular flexibility index (Phi) is 5.82. The van der Waals surface area contributed by atoms with Crippen molar-refractivity contribution in [2.24, 2.45) is 0 Å². The van der Waals surface area contributed by atoms with Gasteiger partial charge in [-0.25, -0.2) is 4.98 Å². The van der Waals surface area contributed by atoms with Crippen LogP contribution in [0.4, 0.5) is 5.69 Å². The van der Waals surface area contributed by atoms with Crippen molar-refractivity contribution < 1.29 is 4.79 Å². The molecule has 29 heavy (non-hydrogen) atoms. The van der Waals surface area contributed by atoms with Crippen LogP contribution in [0.25, 0.3) is 21.8 Å². The first-order valence-electron chi connectivity index (χ1n) is 9.72. The molecular weight excluding hydrogens is 376 g/mol. The number of hydrogen-bond acceptors (Lipinski definition) is 3. The summed E-state index contributed by atoms with van der Waals surface area (Å²) in [6, 6.07) is 28.0. The molecule has 0 radical (unpaired) electrons. The van der Waals surface area contributed by atoms with E-state index in [1.165, 1.54) is 0 Å². The van der Waals surface area contributed by atoms with Gasteiger partial charge in [-0.1, -0.05) is 79.7 Å². The third-order valence-electron chi connectivity index (χ3n) is 4.88. The predicted molar refractivity (Wildman–Crippen MR) is 121 cm³/mol. The van der Waals surface area contributed by atoms with Gasteiger partial charge < -0.3 is 5.32 Å². The number of benzene rings is 3. The molecule has 0 aliphatic rings. The first kappa shape index (κ1) is 19.1. The van der Waals surface area contributed by atoms with E-state index in [0.717, 1.165) is 39.5 Å². The number of hydrogen-bond donors (Lipinski definition) is 1. The molecule has 1 heterocycles. The van der Waals surface area contributed by atoms with E-state index in [-0.39, 0.29) is 11.8 Å². The molecule has 4 rings (SSSR count). The van der Waals surface area contributed by atoms with E-state index in [1.54, 1.807) is 11.3 Å². The highest BCUT2D eigenvalue weighted by Crippen LogP contribution is 2.30. The smallest absolute Gasteiger partial charge is 0.231 e. The Morgan fingerprint density at radius 2 is 1.62 bits per heavy atom. The summed E-state index contributed by atoms with van der Waals surface area (Å²) in [4.78, 5) is 17.6. The van der Waals surface area contributed by atoms with Crippen LogP contribution in [-0.2, 0) is 4.79 Å². The number of nitrogens with one attached hydrogen (secondary N) is 1. The topological polar surface area (TPSA) is 42.0 Å². The molecule has 3 aromatic carbocycles. The highest BCUT2D eigenvalue weighted by Gasteiger charge is 2.18. The lowest BCUT2D eigenvalue weighted by molar-refractivity contribution is -0.117. The largest absolute Gasteiger partial charge is 0.326 e. The fourth-order valence-electron chi connectivity index (χ4n) is 3.36. The van der Waals surface area contributed by atoms with Gasteiger partial charge in [0.1, 0.15) is 5.01 Å². The van der Waals surface area contributed by atoms with E-state index < -0.39 is 0 Å². The van der Waals surface area contributed by atoms with Crippen LogP contribution in [0.5, 0.6) is 0 Å². The predicted octanol–water partition coefficient (Wildman–Crippen LogP) is 6.61. The van der Waals surface area contributed by atoms with Crippen LogP contribution in [0.1, 0.15) is 24.8 Å². The second kappa shape index (κ2) is 8.84. The van der Waals surface area contributed by atoms with Gasteiger partial charge in [-0.2, -0.15) is 0 Å². The minimum absolute atomic E-state index is 0.0131. The quantitative estimate of drug-likeness (QED) is 0.397. The molecule has 4 aromatic rings. The highest BCUT2D eigenvalue weighted by molar-refractivity contribution is 7.13. The standard InChI is InChI=1S/C25H22N2OS/c1-2-22(18-10-5-3-6-11-18)24(28)26-21-15-9-14-20(16-21)23-17-29-25(27-23)19-12-7-4-8-13-19/h3-17,22H,2H2,1H3,(H,26,28). The van der Waals surface area contributed by atoms with Gasteiger partial charge in [0, 0.05) is 22.2 Å². The summed E-state index contributed by atoms with van der Waals surface area (Å²) >= 11 is 1.62. The minimum Gasteiger partial charge on any atom is -0.326 e. The van der Waals surface area contributed by atoms with Gasteiger partial charge in [0.25, 0.3) is 0 Å². The Morgan fingerprint density at radius 3 is 2.34 bits per heavy atom. The van der Waals surface area contributed by atoms with E-state index in [1.807, 2.05) is 79.7 Å². The first-order chi connectivity index (χ1) is 14.2. The molecule has 4 heteroatoms. The number of nitrogens with zero attached hydrogens (tertiary/aromatic N) is 1. The maximum Gasteiger partial charge on any atom is 0.231 e. The van der Waals surface area contributed by atoms with E-state index in [9.17, 15) is 4.79 Å². The zero-order valence-corrected chi connectivity index (χ0v) is 17.0. The van der Waals surface area contributed by atoms with E-state index >= 15 is 0 Å². The highest BCUT2D eigenvalue weighted by atomic mass is 32.1. The minimum atomic E-state index is -0.163. The molecule has 1 unspecified atom stereocenters. The van der Waals surface area contributed by atoms with Gasteiger partial charge in [0.2, 0.25) is 5.91 Å². The molecule has 0 fully saturated rings. The van der Waals surface area contributed by atoms with Gasteiger partial charge >= 0.3 is 0 Å². The van der Waals surface area contributed by atoms with Crippen LogP contribution in [0, 0.1) is 0 Å². The van der Waals surface area contributed by atoms with Crippen molar-refractivity contribution in [3.8, 4) is 21.8 Å². The van der Waals surface area contributed by atoms with Crippen LogP contribution in [0.15, 0.2) is 90.3 Å². The SMILES string of the molecule is CCC(C(=O)Nc1cccc(-c2csc(-c3ccccc3)n2)c1)c1ccccc1. The third-order valence-corrected chi connectivity index (χ3v) is 5.77. The molecule has 3 nitrogen and oxygen atoms in total. The van der Waals surface area contributed by atoms with Gasteiger partial charge in [0.05, 0.1) is 11.6 Å². The number of rotatable bonds is 6. The Balaban J connectivity index is 1.53. The third kappa shape index (κ3) is 4.44. The summed E-state index contributed by atoms with van der Waals surface area (Å²) in [5.41, 5.74) is 4.85. The van der Waals surface area contributed by atoms with Crippen molar-refractivity contribution in [2.45, 2.75) is 19.3 Å².